The van der Waals surface area contributed by atoms with Crippen LogP contribution in [0.4, 0.5) is 11.6 Å². The molecule has 1 aromatic rings. The first-order chi connectivity index (χ1) is 7.01. The minimum atomic E-state index is -3.42. The van der Waals surface area contributed by atoms with Crippen LogP contribution >= 0.6 is 0 Å². The van der Waals surface area contributed by atoms with Gasteiger partial charge in [-0.1, -0.05) is 6.07 Å². The Hall–Kier alpha value is -1.34. The molecule has 0 bridgehead atoms. The van der Waals surface area contributed by atoms with Crippen LogP contribution in [0.2, 0.25) is 0 Å². The smallest absolute Gasteiger partial charge is 0.210 e. The molecule has 0 aliphatic heterocycles. The van der Waals surface area contributed by atoms with Gasteiger partial charge >= 0.3 is 0 Å². The first-order valence-corrected chi connectivity index (χ1v) is 6.12. The molecule has 0 atom stereocenters. The lowest BCUT2D eigenvalue weighted by Crippen LogP contribution is -2.22. The highest BCUT2D eigenvalue weighted by molar-refractivity contribution is 7.89. The van der Waals surface area contributed by atoms with Crippen LogP contribution in [-0.2, 0) is 10.0 Å². The molecule has 0 unspecified atom stereocenters. The number of sulfonamides is 1. The van der Waals surface area contributed by atoms with Crippen LogP contribution in [0.15, 0.2) is 18.2 Å². The van der Waals surface area contributed by atoms with Crippen molar-refractivity contribution in [3.8, 4) is 0 Å². The van der Waals surface area contributed by atoms with Crippen molar-refractivity contribution >= 4 is 21.7 Å². The normalized spacial score (nSPS) is 11.1. The fourth-order valence-corrected chi connectivity index (χ4v) is 1.38. The second-order valence-electron chi connectivity index (χ2n) is 2.95. The Balaban J connectivity index is 2.51. The molecule has 0 saturated heterocycles. The molecule has 6 nitrogen and oxygen atoms in total. The standard InChI is InChI=1S/C8H14N4O2S/c1-10-7-3-2-4-8(12-7)11-5-6-15(9,13)14/h2-4H,5-6H2,1H3,(H2,9,13,14)(H2,10,11,12). The Labute approximate surface area is 88.9 Å². The van der Waals surface area contributed by atoms with Crippen molar-refractivity contribution in [3.63, 3.8) is 0 Å². The molecule has 0 saturated carbocycles. The van der Waals surface area contributed by atoms with Gasteiger partial charge in [0, 0.05) is 13.6 Å². The van der Waals surface area contributed by atoms with E-state index in [1.807, 2.05) is 12.1 Å². The van der Waals surface area contributed by atoms with Gasteiger partial charge in [0.05, 0.1) is 5.75 Å². The van der Waals surface area contributed by atoms with Crippen LogP contribution < -0.4 is 15.8 Å². The second-order valence-corrected chi connectivity index (χ2v) is 4.69. The Morgan fingerprint density at radius 3 is 2.67 bits per heavy atom. The first kappa shape index (κ1) is 11.7. The maximum absolute atomic E-state index is 10.6. The van der Waals surface area contributed by atoms with Crippen LogP contribution in [-0.4, -0.2) is 32.7 Å². The molecule has 0 fully saturated rings. The summed E-state index contributed by atoms with van der Waals surface area (Å²) in [6.45, 7) is 0.249. The zero-order valence-electron chi connectivity index (χ0n) is 8.40. The molecule has 1 rings (SSSR count). The van der Waals surface area contributed by atoms with Crippen LogP contribution in [0.3, 0.4) is 0 Å². The number of anilines is 2. The molecule has 84 valence electrons. The maximum Gasteiger partial charge on any atom is 0.210 e. The topological polar surface area (TPSA) is 97.1 Å². The number of aromatic nitrogens is 1. The molecule has 0 spiro atoms. The number of primary sulfonamides is 1. The van der Waals surface area contributed by atoms with E-state index in [-0.39, 0.29) is 12.3 Å². The van der Waals surface area contributed by atoms with Gasteiger partial charge in [-0.05, 0) is 12.1 Å². The van der Waals surface area contributed by atoms with Gasteiger partial charge in [-0.15, -0.1) is 0 Å². The van der Waals surface area contributed by atoms with Gasteiger partial charge in [0.1, 0.15) is 11.6 Å². The van der Waals surface area contributed by atoms with Crippen molar-refractivity contribution in [2.45, 2.75) is 0 Å². The van der Waals surface area contributed by atoms with Crippen molar-refractivity contribution in [1.29, 1.82) is 0 Å². The Morgan fingerprint density at radius 2 is 2.07 bits per heavy atom. The highest BCUT2D eigenvalue weighted by Gasteiger charge is 2.02. The highest BCUT2D eigenvalue weighted by atomic mass is 32.2. The Morgan fingerprint density at radius 1 is 1.40 bits per heavy atom. The van der Waals surface area contributed by atoms with Crippen LogP contribution in [0.5, 0.6) is 0 Å². The van der Waals surface area contributed by atoms with Gasteiger partial charge < -0.3 is 10.6 Å². The zero-order chi connectivity index (χ0) is 11.3. The van der Waals surface area contributed by atoms with E-state index in [0.717, 1.165) is 5.82 Å². The van der Waals surface area contributed by atoms with Gasteiger partial charge in [0.2, 0.25) is 10.0 Å². The van der Waals surface area contributed by atoms with E-state index in [4.69, 9.17) is 5.14 Å². The Kier molecular flexibility index (Phi) is 3.87. The Bertz CT molecular complexity index is 418. The van der Waals surface area contributed by atoms with Gasteiger partial charge in [0.25, 0.3) is 0 Å². The summed E-state index contributed by atoms with van der Waals surface area (Å²) in [5.41, 5.74) is 0. The summed E-state index contributed by atoms with van der Waals surface area (Å²) in [6, 6.07) is 5.38. The van der Waals surface area contributed by atoms with Crippen molar-refractivity contribution in [3.05, 3.63) is 18.2 Å². The quantitative estimate of drug-likeness (QED) is 0.652. The van der Waals surface area contributed by atoms with E-state index >= 15 is 0 Å². The van der Waals surface area contributed by atoms with Gasteiger partial charge in [-0.25, -0.2) is 18.5 Å². The molecule has 1 heterocycles. The molecule has 0 aliphatic carbocycles. The monoisotopic (exact) mass is 230 g/mol. The summed E-state index contributed by atoms with van der Waals surface area (Å²) in [6.07, 6.45) is 0. The number of hydrogen-bond donors (Lipinski definition) is 3. The minimum absolute atomic E-state index is 0.113. The molecule has 1 aromatic heterocycles. The van der Waals surface area contributed by atoms with E-state index in [1.54, 1.807) is 13.1 Å². The number of nitrogens with one attached hydrogen (secondary N) is 2. The fraction of sp³-hybridized carbons (Fsp3) is 0.375. The fourth-order valence-electron chi connectivity index (χ4n) is 0.994. The lowest BCUT2D eigenvalue weighted by molar-refractivity contribution is 0.598. The SMILES string of the molecule is CNc1cccc(NCCS(N)(=O)=O)n1. The summed E-state index contributed by atoms with van der Waals surface area (Å²) in [5.74, 6) is 1.22. The zero-order valence-corrected chi connectivity index (χ0v) is 9.21. The van der Waals surface area contributed by atoms with Gasteiger partial charge in [-0.3, -0.25) is 0 Å². The molecule has 15 heavy (non-hydrogen) atoms. The van der Waals surface area contributed by atoms with Crippen molar-refractivity contribution in [2.75, 3.05) is 30.0 Å². The van der Waals surface area contributed by atoms with Crippen LogP contribution in [0.1, 0.15) is 0 Å². The molecular weight excluding hydrogens is 216 g/mol. The third-order valence-corrected chi connectivity index (χ3v) is 2.47. The summed E-state index contributed by atoms with van der Waals surface area (Å²) < 4.78 is 21.3. The number of nitrogens with zero attached hydrogens (tertiary/aromatic N) is 1. The highest BCUT2D eigenvalue weighted by Crippen LogP contribution is 2.07. The third kappa shape index (κ3) is 4.61. The molecule has 0 aromatic carbocycles. The summed E-state index contributed by atoms with van der Waals surface area (Å²) in [5, 5.41) is 10.6. The third-order valence-electron chi connectivity index (χ3n) is 1.70. The van der Waals surface area contributed by atoms with E-state index < -0.39 is 10.0 Å². The molecule has 0 aliphatic rings. The maximum atomic E-state index is 10.6. The lowest BCUT2D eigenvalue weighted by atomic mass is 10.4. The second kappa shape index (κ2) is 4.94. The van der Waals surface area contributed by atoms with E-state index in [0.29, 0.717) is 5.82 Å². The predicted molar refractivity (Wildman–Crippen MR) is 60.2 cm³/mol. The number of nitrogens with two attached hydrogens (primary N) is 1. The number of rotatable bonds is 5. The first-order valence-electron chi connectivity index (χ1n) is 4.40. The molecule has 0 radical (unpaired) electrons. The van der Waals surface area contributed by atoms with Crippen molar-refractivity contribution in [1.82, 2.24) is 4.98 Å². The predicted octanol–water partition coefficient (Wildman–Crippen LogP) is -0.176. The average molecular weight is 230 g/mol. The summed E-state index contributed by atoms with van der Waals surface area (Å²) in [7, 11) is -1.66. The van der Waals surface area contributed by atoms with Crippen LogP contribution in [0, 0.1) is 0 Å². The lowest BCUT2D eigenvalue weighted by Gasteiger charge is -2.06. The number of hydrogen-bond acceptors (Lipinski definition) is 5. The largest absolute Gasteiger partial charge is 0.373 e. The molecular formula is C8H14N4O2S. The van der Waals surface area contributed by atoms with Crippen molar-refractivity contribution < 1.29 is 8.42 Å². The minimum Gasteiger partial charge on any atom is -0.373 e. The van der Waals surface area contributed by atoms with Gasteiger partial charge in [-0.2, -0.15) is 0 Å². The molecule has 7 heteroatoms. The number of pyridine rings is 1. The molecule has 4 N–H and O–H groups in total. The summed E-state index contributed by atoms with van der Waals surface area (Å²) in [4.78, 5) is 4.15. The average Bonchev–Trinajstić information content (AvgIpc) is 2.16. The summed E-state index contributed by atoms with van der Waals surface area (Å²) >= 11 is 0. The van der Waals surface area contributed by atoms with Crippen molar-refractivity contribution in [2.24, 2.45) is 5.14 Å². The van der Waals surface area contributed by atoms with Gasteiger partial charge in [0.15, 0.2) is 0 Å². The van der Waals surface area contributed by atoms with E-state index in [1.165, 1.54) is 0 Å². The van der Waals surface area contributed by atoms with E-state index in [2.05, 4.69) is 15.6 Å². The molecule has 0 amide bonds. The van der Waals surface area contributed by atoms with E-state index in [9.17, 15) is 8.42 Å². The van der Waals surface area contributed by atoms with Crippen LogP contribution in [0.25, 0.3) is 0 Å².